The minimum atomic E-state index is -3.51. The number of nitrogens with one attached hydrogen (secondary N) is 1. The molecule has 2 heterocycles. The molecule has 7 heteroatoms. The maximum atomic E-state index is 12.7. The van der Waals surface area contributed by atoms with Crippen LogP contribution in [-0.4, -0.2) is 50.6 Å². The van der Waals surface area contributed by atoms with Crippen molar-refractivity contribution in [3.8, 4) is 0 Å². The third kappa shape index (κ3) is 3.11. The molecular weight excluding hydrogens is 278 g/mol. The molecule has 1 aromatic heterocycles. The number of sulfonamides is 1. The molecule has 1 aliphatic heterocycles. The summed E-state index contributed by atoms with van der Waals surface area (Å²) in [6.45, 7) is 3.61. The Morgan fingerprint density at radius 1 is 1.55 bits per heavy atom. The number of rotatable bonds is 6. The maximum absolute atomic E-state index is 12.7. The Morgan fingerprint density at radius 3 is 3.00 bits per heavy atom. The van der Waals surface area contributed by atoms with E-state index in [9.17, 15) is 8.42 Å². The fourth-order valence-electron chi connectivity index (χ4n) is 2.22. The van der Waals surface area contributed by atoms with Gasteiger partial charge in [0.05, 0.1) is 6.10 Å². The van der Waals surface area contributed by atoms with Crippen molar-refractivity contribution in [2.75, 3.05) is 32.1 Å². The normalized spacial score (nSPS) is 20.2. The Balaban J connectivity index is 2.25. The van der Waals surface area contributed by atoms with E-state index in [2.05, 4.69) is 10.3 Å². The van der Waals surface area contributed by atoms with Crippen molar-refractivity contribution in [2.45, 2.75) is 30.8 Å². The van der Waals surface area contributed by atoms with Gasteiger partial charge in [-0.3, -0.25) is 0 Å². The molecule has 6 nitrogen and oxygen atoms in total. The fraction of sp³-hybridized carbons (Fsp3) is 0.615. The average Bonchev–Trinajstić information content (AvgIpc) is 2.95. The predicted molar refractivity (Wildman–Crippen MR) is 77.2 cm³/mol. The first-order valence-electron chi connectivity index (χ1n) is 6.81. The summed E-state index contributed by atoms with van der Waals surface area (Å²) in [5.41, 5.74) is 0. The van der Waals surface area contributed by atoms with Gasteiger partial charge in [0, 0.05) is 32.9 Å². The van der Waals surface area contributed by atoms with Crippen LogP contribution in [0.5, 0.6) is 0 Å². The summed E-state index contributed by atoms with van der Waals surface area (Å²) in [5.74, 6) is 0.426. The minimum absolute atomic E-state index is 0.0199. The molecule has 20 heavy (non-hydrogen) atoms. The molecule has 1 N–H and O–H groups in total. The summed E-state index contributed by atoms with van der Waals surface area (Å²) in [5, 5.41) is 3.07. The van der Waals surface area contributed by atoms with Crippen molar-refractivity contribution in [3.05, 3.63) is 18.3 Å². The van der Waals surface area contributed by atoms with Crippen LogP contribution in [0.2, 0.25) is 0 Å². The van der Waals surface area contributed by atoms with Gasteiger partial charge in [-0.05, 0) is 25.0 Å². The molecular formula is C13H21N3O3S. The standard InChI is InChI=1S/C13H21N3O3S/c1-3-7-14-13-12(5-4-8-15-13)20(17,18)16-9-6-11(10-16)19-2/h4-5,8,11H,3,6-7,9-10H2,1-2H3,(H,14,15). The van der Waals surface area contributed by atoms with Gasteiger partial charge in [0.1, 0.15) is 10.7 Å². The topological polar surface area (TPSA) is 71.5 Å². The number of pyridine rings is 1. The van der Waals surface area contributed by atoms with Gasteiger partial charge in [-0.2, -0.15) is 4.31 Å². The second kappa shape index (κ2) is 6.51. The van der Waals surface area contributed by atoms with Gasteiger partial charge in [-0.25, -0.2) is 13.4 Å². The highest BCUT2D eigenvalue weighted by atomic mass is 32.2. The van der Waals surface area contributed by atoms with Crippen molar-refractivity contribution in [1.82, 2.24) is 9.29 Å². The highest BCUT2D eigenvalue weighted by Gasteiger charge is 2.34. The van der Waals surface area contributed by atoms with Crippen molar-refractivity contribution < 1.29 is 13.2 Å². The van der Waals surface area contributed by atoms with Crippen LogP contribution in [0, 0.1) is 0 Å². The van der Waals surface area contributed by atoms with Crippen molar-refractivity contribution >= 4 is 15.8 Å². The molecule has 2 rings (SSSR count). The Morgan fingerprint density at radius 2 is 2.35 bits per heavy atom. The largest absolute Gasteiger partial charge is 0.380 e. The summed E-state index contributed by atoms with van der Waals surface area (Å²) in [4.78, 5) is 4.39. The molecule has 0 aliphatic carbocycles. The third-order valence-electron chi connectivity index (χ3n) is 3.37. The molecule has 112 valence electrons. The SMILES string of the molecule is CCCNc1ncccc1S(=O)(=O)N1CCC(OC)C1. The second-order valence-corrected chi connectivity index (χ2v) is 6.69. The molecule has 0 saturated carbocycles. The van der Waals surface area contributed by atoms with E-state index in [0.29, 0.717) is 25.5 Å². The van der Waals surface area contributed by atoms with E-state index in [1.165, 1.54) is 4.31 Å². The summed E-state index contributed by atoms with van der Waals surface area (Å²) in [6, 6.07) is 3.24. The highest BCUT2D eigenvalue weighted by Crippen LogP contribution is 2.26. The number of hydrogen-bond acceptors (Lipinski definition) is 5. The van der Waals surface area contributed by atoms with Crippen molar-refractivity contribution in [1.29, 1.82) is 0 Å². The van der Waals surface area contributed by atoms with E-state index in [-0.39, 0.29) is 11.0 Å². The predicted octanol–water partition coefficient (Wildman–Crippen LogP) is 1.31. The monoisotopic (exact) mass is 299 g/mol. The summed E-state index contributed by atoms with van der Waals surface area (Å²) in [6.07, 6.45) is 3.21. The summed E-state index contributed by atoms with van der Waals surface area (Å²) in [7, 11) is -1.90. The molecule has 1 unspecified atom stereocenters. The van der Waals surface area contributed by atoms with E-state index in [4.69, 9.17) is 4.74 Å². The number of nitrogens with zero attached hydrogens (tertiary/aromatic N) is 2. The van der Waals surface area contributed by atoms with E-state index < -0.39 is 10.0 Å². The van der Waals surface area contributed by atoms with Gasteiger partial charge < -0.3 is 10.1 Å². The first-order valence-corrected chi connectivity index (χ1v) is 8.25. The first-order chi connectivity index (χ1) is 9.59. The lowest BCUT2D eigenvalue weighted by molar-refractivity contribution is 0.115. The third-order valence-corrected chi connectivity index (χ3v) is 5.27. The van der Waals surface area contributed by atoms with Crippen LogP contribution in [0.25, 0.3) is 0 Å². The molecule has 1 aromatic rings. The van der Waals surface area contributed by atoms with Crippen LogP contribution in [0.15, 0.2) is 23.2 Å². The number of anilines is 1. The van der Waals surface area contributed by atoms with Crippen LogP contribution >= 0.6 is 0 Å². The van der Waals surface area contributed by atoms with Crippen LogP contribution in [0.3, 0.4) is 0 Å². The van der Waals surface area contributed by atoms with Gasteiger partial charge in [-0.15, -0.1) is 0 Å². The van der Waals surface area contributed by atoms with Crippen molar-refractivity contribution in [2.24, 2.45) is 0 Å². The first kappa shape index (κ1) is 15.2. The lowest BCUT2D eigenvalue weighted by atomic mass is 10.3. The minimum Gasteiger partial charge on any atom is -0.380 e. The smallest absolute Gasteiger partial charge is 0.246 e. The maximum Gasteiger partial charge on any atom is 0.246 e. The van der Waals surface area contributed by atoms with E-state index >= 15 is 0 Å². The molecule has 0 radical (unpaired) electrons. The summed E-state index contributed by atoms with van der Waals surface area (Å²) >= 11 is 0. The van der Waals surface area contributed by atoms with Gasteiger partial charge in [-0.1, -0.05) is 6.92 Å². The van der Waals surface area contributed by atoms with Gasteiger partial charge in [0.15, 0.2) is 0 Å². The molecule has 1 fully saturated rings. The number of methoxy groups -OCH3 is 1. The molecule has 0 amide bonds. The fourth-order valence-corrected chi connectivity index (χ4v) is 3.83. The molecule has 0 aromatic carbocycles. The highest BCUT2D eigenvalue weighted by molar-refractivity contribution is 7.89. The van der Waals surface area contributed by atoms with E-state index in [1.807, 2.05) is 6.92 Å². The van der Waals surface area contributed by atoms with Gasteiger partial charge in [0.25, 0.3) is 0 Å². The van der Waals surface area contributed by atoms with Crippen LogP contribution in [0.1, 0.15) is 19.8 Å². The molecule has 0 bridgehead atoms. The number of aromatic nitrogens is 1. The van der Waals surface area contributed by atoms with E-state index in [0.717, 1.165) is 12.8 Å². The molecule has 1 saturated heterocycles. The molecule has 1 atom stereocenters. The Kier molecular flexibility index (Phi) is 4.95. The van der Waals surface area contributed by atoms with Crippen LogP contribution in [-0.2, 0) is 14.8 Å². The molecule has 1 aliphatic rings. The summed E-state index contributed by atoms with van der Waals surface area (Å²) < 4.78 is 32.0. The Hall–Kier alpha value is -1.18. The lowest BCUT2D eigenvalue weighted by Gasteiger charge is -2.18. The zero-order chi connectivity index (χ0) is 14.6. The van der Waals surface area contributed by atoms with Crippen LogP contribution < -0.4 is 5.32 Å². The lowest BCUT2D eigenvalue weighted by Crippen LogP contribution is -2.30. The Labute approximate surface area is 120 Å². The quantitative estimate of drug-likeness (QED) is 0.857. The molecule has 0 spiro atoms. The van der Waals surface area contributed by atoms with Crippen molar-refractivity contribution in [3.63, 3.8) is 0 Å². The van der Waals surface area contributed by atoms with Crippen LogP contribution in [0.4, 0.5) is 5.82 Å². The average molecular weight is 299 g/mol. The van der Waals surface area contributed by atoms with Gasteiger partial charge >= 0.3 is 0 Å². The Bertz CT molecular complexity index is 548. The van der Waals surface area contributed by atoms with E-state index in [1.54, 1.807) is 25.4 Å². The van der Waals surface area contributed by atoms with Gasteiger partial charge in [0.2, 0.25) is 10.0 Å². The second-order valence-electron chi connectivity index (χ2n) is 4.79. The zero-order valence-electron chi connectivity index (χ0n) is 11.9. The number of ether oxygens (including phenoxy) is 1. The zero-order valence-corrected chi connectivity index (χ0v) is 12.7. The number of hydrogen-bond donors (Lipinski definition) is 1.